The van der Waals surface area contributed by atoms with Gasteiger partial charge in [0.25, 0.3) is 5.91 Å². The summed E-state index contributed by atoms with van der Waals surface area (Å²) in [5.41, 5.74) is 0.850. The minimum Gasteiger partial charge on any atom is -0.504 e. The van der Waals surface area contributed by atoms with E-state index in [1.54, 1.807) is 4.90 Å². The molecule has 0 atom stereocenters. The molecule has 29 heavy (non-hydrogen) atoms. The Morgan fingerprint density at radius 3 is 2.38 bits per heavy atom. The van der Waals surface area contributed by atoms with E-state index < -0.39 is 11.6 Å². The number of aldehydes is 1. The molecule has 2 fully saturated rings. The molecule has 0 radical (unpaired) electrons. The van der Waals surface area contributed by atoms with E-state index >= 15 is 0 Å². The van der Waals surface area contributed by atoms with Gasteiger partial charge in [0.1, 0.15) is 5.82 Å². The van der Waals surface area contributed by atoms with Crippen molar-refractivity contribution in [1.29, 1.82) is 0 Å². The maximum Gasteiger partial charge on any atom is 0.254 e. The van der Waals surface area contributed by atoms with Crippen LogP contribution in [0, 0.1) is 5.82 Å². The molecule has 8 heteroatoms. The van der Waals surface area contributed by atoms with Gasteiger partial charge in [-0.25, -0.2) is 9.37 Å². The Hall–Kier alpha value is -3.16. The number of benzene rings is 1. The number of piperazine rings is 1. The normalized spacial score (nSPS) is 16.9. The van der Waals surface area contributed by atoms with Crippen molar-refractivity contribution >= 4 is 23.7 Å². The van der Waals surface area contributed by atoms with Crippen molar-refractivity contribution < 1.29 is 19.1 Å². The number of aromatic hydroxyl groups is 1. The topological polar surface area (TPSA) is 77.0 Å². The molecule has 0 bridgehead atoms. The van der Waals surface area contributed by atoms with Gasteiger partial charge in [-0.05, 0) is 37.1 Å². The summed E-state index contributed by atoms with van der Waals surface area (Å²) in [5, 5.41) is 9.52. The first-order valence-corrected chi connectivity index (χ1v) is 9.80. The largest absolute Gasteiger partial charge is 0.504 e. The lowest BCUT2D eigenvalue weighted by molar-refractivity contribution is 0.0746. The average Bonchev–Trinajstić information content (AvgIpc) is 3.30. The quantitative estimate of drug-likeness (QED) is 0.797. The molecule has 1 amide bonds. The van der Waals surface area contributed by atoms with Gasteiger partial charge in [-0.15, -0.1) is 0 Å². The Kier molecular flexibility index (Phi) is 5.33. The SMILES string of the molecule is O=Cc1cc(C(=O)N2CCN(c3ccc(N4CCCC4)nc3)CC2)cc(F)c1O. The summed E-state index contributed by atoms with van der Waals surface area (Å²) in [4.78, 5) is 34.3. The number of amides is 1. The fourth-order valence-electron chi connectivity index (χ4n) is 3.88. The summed E-state index contributed by atoms with van der Waals surface area (Å²) >= 11 is 0. The fourth-order valence-corrected chi connectivity index (χ4v) is 3.88. The number of aromatic nitrogens is 1. The number of halogens is 1. The van der Waals surface area contributed by atoms with Crippen LogP contribution >= 0.6 is 0 Å². The highest BCUT2D eigenvalue weighted by Crippen LogP contribution is 2.24. The summed E-state index contributed by atoms with van der Waals surface area (Å²) in [7, 11) is 0. The molecule has 7 nitrogen and oxygen atoms in total. The molecule has 0 spiro atoms. The maximum atomic E-state index is 13.8. The van der Waals surface area contributed by atoms with Gasteiger partial charge in [0.2, 0.25) is 0 Å². The third-order valence-corrected chi connectivity index (χ3v) is 5.56. The van der Waals surface area contributed by atoms with Crippen LogP contribution < -0.4 is 9.80 Å². The Morgan fingerprint density at radius 1 is 1.03 bits per heavy atom. The van der Waals surface area contributed by atoms with Crippen molar-refractivity contribution in [2.45, 2.75) is 12.8 Å². The third kappa shape index (κ3) is 3.87. The first kappa shape index (κ1) is 19.2. The van der Waals surface area contributed by atoms with E-state index in [9.17, 15) is 19.1 Å². The van der Waals surface area contributed by atoms with E-state index in [0.717, 1.165) is 30.7 Å². The zero-order chi connectivity index (χ0) is 20.4. The number of phenolic OH excluding ortho intramolecular Hbond substituents is 1. The van der Waals surface area contributed by atoms with E-state index in [1.165, 1.54) is 18.9 Å². The molecule has 2 aliphatic rings. The van der Waals surface area contributed by atoms with Crippen LogP contribution in [0.5, 0.6) is 5.75 Å². The predicted molar refractivity (Wildman–Crippen MR) is 107 cm³/mol. The molecule has 2 aliphatic heterocycles. The second-order valence-corrected chi connectivity index (χ2v) is 7.36. The van der Waals surface area contributed by atoms with Crippen LogP contribution in [0.4, 0.5) is 15.9 Å². The second-order valence-electron chi connectivity index (χ2n) is 7.36. The van der Waals surface area contributed by atoms with Crippen LogP contribution in [-0.4, -0.2) is 66.5 Å². The molecule has 152 valence electrons. The fraction of sp³-hybridized carbons (Fsp3) is 0.381. The molecule has 0 saturated carbocycles. The van der Waals surface area contributed by atoms with Crippen LogP contribution in [0.2, 0.25) is 0 Å². The maximum absolute atomic E-state index is 13.8. The molecular weight excluding hydrogens is 375 g/mol. The van der Waals surface area contributed by atoms with Gasteiger partial charge in [0, 0.05) is 44.8 Å². The summed E-state index contributed by atoms with van der Waals surface area (Å²) in [6.45, 7) is 4.33. The summed E-state index contributed by atoms with van der Waals surface area (Å²) in [5.74, 6) is -1.05. The van der Waals surface area contributed by atoms with Gasteiger partial charge in [-0.2, -0.15) is 0 Å². The highest BCUT2D eigenvalue weighted by Gasteiger charge is 2.24. The Bertz CT molecular complexity index is 905. The number of phenols is 1. The lowest BCUT2D eigenvalue weighted by atomic mass is 10.1. The zero-order valence-corrected chi connectivity index (χ0v) is 16.1. The molecule has 3 heterocycles. The Balaban J connectivity index is 1.39. The highest BCUT2D eigenvalue weighted by atomic mass is 19.1. The minimum absolute atomic E-state index is 0.0625. The molecule has 0 unspecified atom stereocenters. The summed E-state index contributed by atoms with van der Waals surface area (Å²) < 4.78 is 13.8. The zero-order valence-electron chi connectivity index (χ0n) is 16.1. The molecule has 0 aliphatic carbocycles. The molecule has 1 aromatic heterocycles. The van der Waals surface area contributed by atoms with Crippen molar-refractivity contribution in [2.75, 3.05) is 49.1 Å². The third-order valence-electron chi connectivity index (χ3n) is 5.56. The van der Waals surface area contributed by atoms with Gasteiger partial charge < -0.3 is 19.8 Å². The van der Waals surface area contributed by atoms with Crippen LogP contribution in [0.15, 0.2) is 30.5 Å². The van der Waals surface area contributed by atoms with Crippen molar-refractivity contribution in [3.63, 3.8) is 0 Å². The molecule has 4 rings (SSSR count). The highest BCUT2D eigenvalue weighted by molar-refractivity contribution is 5.96. The minimum atomic E-state index is -0.972. The lowest BCUT2D eigenvalue weighted by Gasteiger charge is -2.36. The van der Waals surface area contributed by atoms with Gasteiger partial charge >= 0.3 is 0 Å². The van der Waals surface area contributed by atoms with E-state index in [4.69, 9.17) is 0 Å². The average molecular weight is 398 g/mol. The predicted octanol–water partition coefficient (Wildman–Crippen LogP) is 2.30. The number of anilines is 2. The van der Waals surface area contributed by atoms with E-state index in [2.05, 4.69) is 20.9 Å². The van der Waals surface area contributed by atoms with Crippen molar-refractivity contribution in [3.8, 4) is 5.75 Å². The number of rotatable bonds is 4. The van der Waals surface area contributed by atoms with Crippen LogP contribution in [-0.2, 0) is 0 Å². The van der Waals surface area contributed by atoms with Crippen LogP contribution in [0.3, 0.4) is 0 Å². The number of hydrogen-bond donors (Lipinski definition) is 1. The van der Waals surface area contributed by atoms with Crippen molar-refractivity contribution in [1.82, 2.24) is 9.88 Å². The van der Waals surface area contributed by atoms with E-state index in [-0.39, 0.29) is 17.0 Å². The van der Waals surface area contributed by atoms with Crippen LogP contribution in [0.1, 0.15) is 33.6 Å². The second kappa shape index (κ2) is 8.06. The van der Waals surface area contributed by atoms with Gasteiger partial charge in [0.05, 0.1) is 17.4 Å². The van der Waals surface area contributed by atoms with Crippen molar-refractivity contribution in [2.24, 2.45) is 0 Å². The number of pyridine rings is 1. The van der Waals surface area contributed by atoms with Gasteiger partial charge in [-0.1, -0.05) is 0 Å². The Labute approximate surface area is 168 Å². The van der Waals surface area contributed by atoms with E-state index in [0.29, 0.717) is 32.5 Å². The molecule has 1 N–H and O–H groups in total. The van der Waals surface area contributed by atoms with E-state index in [1.807, 2.05) is 12.3 Å². The summed E-state index contributed by atoms with van der Waals surface area (Å²) in [6, 6.07) is 6.29. The molecule has 2 saturated heterocycles. The lowest BCUT2D eigenvalue weighted by Crippen LogP contribution is -2.48. The standard InChI is InChI=1S/C21H23FN4O3/c22-18-12-15(11-16(14-27)20(18)28)21(29)26-9-7-24(8-10-26)17-3-4-19(23-13-17)25-5-1-2-6-25/h3-4,11-14,28H,1-2,5-10H2. The van der Waals surface area contributed by atoms with Crippen LogP contribution in [0.25, 0.3) is 0 Å². The number of hydrogen-bond acceptors (Lipinski definition) is 6. The number of nitrogens with zero attached hydrogens (tertiary/aromatic N) is 4. The number of carbonyl (C=O) groups is 2. The number of carbonyl (C=O) groups excluding carboxylic acids is 2. The molecule has 1 aromatic carbocycles. The molecular formula is C21H23FN4O3. The summed E-state index contributed by atoms with van der Waals surface area (Å²) in [6.07, 6.45) is 4.63. The monoisotopic (exact) mass is 398 g/mol. The van der Waals surface area contributed by atoms with Crippen molar-refractivity contribution in [3.05, 3.63) is 47.4 Å². The molecule has 2 aromatic rings. The smallest absolute Gasteiger partial charge is 0.254 e. The van der Waals surface area contributed by atoms with Gasteiger partial charge in [-0.3, -0.25) is 9.59 Å². The first-order valence-electron chi connectivity index (χ1n) is 9.80. The first-order chi connectivity index (χ1) is 14.1. The van der Waals surface area contributed by atoms with Gasteiger partial charge in [0.15, 0.2) is 17.9 Å². The Morgan fingerprint density at radius 2 is 1.76 bits per heavy atom.